The highest BCUT2D eigenvalue weighted by molar-refractivity contribution is 7.59. The molecule has 0 saturated carbocycles. The van der Waals surface area contributed by atoms with Gasteiger partial charge in [0.1, 0.15) is 12.4 Å². The summed E-state index contributed by atoms with van der Waals surface area (Å²) in [5, 5.41) is 11.8. The van der Waals surface area contributed by atoms with Crippen molar-refractivity contribution in [3.63, 3.8) is 0 Å². The van der Waals surface area contributed by atoms with Crippen LogP contribution in [0.1, 0.15) is 27.5 Å². The molecule has 2 heterocycles. The molecule has 4 rings (SSSR count). The second kappa shape index (κ2) is 9.96. The van der Waals surface area contributed by atoms with Gasteiger partial charge in [0.15, 0.2) is 0 Å². The summed E-state index contributed by atoms with van der Waals surface area (Å²) in [6.07, 6.45) is 3.22. The number of nitrogens with one attached hydrogen (secondary N) is 2. The molecule has 0 radical (unpaired) electrons. The number of anilines is 1. The Balaban J connectivity index is 0.00000272. The average molecular weight is 439 g/mol. The number of fused-ring (bicyclic) bond motifs is 1. The zero-order valence-electron chi connectivity index (χ0n) is 16.5. The number of ether oxygens (including phenoxy) is 1. The number of carbonyl (C=O) groups excluding carboxylic acids is 2. The maximum Gasteiger partial charge on any atom is 0.322 e. The van der Waals surface area contributed by atoms with Crippen molar-refractivity contribution in [1.29, 1.82) is 0 Å². The van der Waals surface area contributed by atoms with Crippen LogP contribution in [0, 0.1) is 0 Å². The molecule has 0 fully saturated rings. The standard InChI is InChI=1S/C22H20N4O4.H2S/c27-21(25-29)16-6-7-17-13-26(22(28)24-18-8-10-23-11-9-18)19(14-30-20(17)12-16)15-4-2-1-3-5-15;/h1-12,19,29H,13-14H2,(H,25,27)(H,23,24,28);1H2/t19-;/m1./s1. The Hall–Kier alpha value is -3.56. The second-order valence-electron chi connectivity index (χ2n) is 6.79. The van der Waals surface area contributed by atoms with Crippen LogP contribution in [0.5, 0.6) is 5.75 Å². The van der Waals surface area contributed by atoms with E-state index in [1.165, 1.54) is 0 Å². The summed E-state index contributed by atoms with van der Waals surface area (Å²) in [5.74, 6) is -0.131. The second-order valence-corrected chi connectivity index (χ2v) is 6.79. The van der Waals surface area contributed by atoms with E-state index in [1.807, 2.05) is 30.3 Å². The van der Waals surface area contributed by atoms with Crippen molar-refractivity contribution in [2.45, 2.75) is 12.6 Å². The number of nitrogens with zero attached hydrogens (tertiary/aromatic N) is 2. The highest BCUT2D eigenvalue weighted by Crippen LogP contribution is 2.32. The molecular formula is C22H22N4O4S. The summed E-state index contributed by atoms with van der Waals surface area (Å²) in [6.45, 7) is 0.498. The number of urea groups is 1. The van der Waals surface area contributed by atoms with Crippen LogP contribution in [0.4, 0.5) is 10.5 Å². The van der Waals surface area contributed by atoms with Gasteiger partial charge in [-0.25, -0.2) is 10.3 Å². The van der Waals surface area contributed by atoms with Crippen LogP contribution in [-0.2, 0) is 6.54 Å². The van der Waals surface area contributed by atoms with Gasteiger partial charge in [0.25, 0.3) is 5.91 Å². The lowest BCUT2D eigenvalue weighted by atomic mass is 10.1. The fraction of sp³-hybridized carbons (Fsp3) is 0.136. The Morgan fingerprint density at radius 1 is 1.06 bits per heavy atom. The monoisotopic (exact) mass is 438 g/mol. The first-order valence-corrected chi connectivity index (χ1v) is 9.38. The SMILES string of the molecule is O=C(NO)c1ccc2c(c1)OC[C@H](c1ccccc1)N(C(=O)Nc1ccncc1)C2.S. The lowest BCUT2D eigenvalue weighted by Gasteiger charge is -2.29. The maximum atomic E-state index is 13.2. The molecule has 160 valence electrons. The largest absolute Gasteiger partial charge is 0.491 e. The van der Waals surface area contributed by atoms with E-state index in [1.54, 1.807) is 53.1 Å². The summed E-state index contributed by atoms with van der Waals surface area (Å²) >= 11 is 0. The number of amides is 3. The number of benzene rings is 2. The predicted octanol–water partition coefficient (Wildman–Crippen LogP) is 3.48. The van der Waals surface area contributed by atoms with Crippen molar-refractivity contribution >= 4 is 31.1 Å². The number of rotatable bonds is 3. The van der Waals surface area contributed by atoms with Crippen LogP contribution >= 0.6 is 13.5 Å². The molecule has 3 amide bonds. The number of hydroxylamine groups is 1. The van der Waals surface area contributed by atoms with E-state index < -0.39 is 5.91 Å². The number of pyridine rings is 1. The summed E-state index contributed by atoms with van der Waals surface area (Å²) in [4.78, 5) is 30.6. The fourth-order valence-electron chi connectivity index (χ4n) is 3.37. The molecule has 0 unspecified atom stereocenters. The topological polar surface area (TPSA) is 104 Å². The van der Waals surface area contributed by atoms with Gasteiger partial charge in [-0.15, -0.1) is 0 Å². The first kappa shape index (κ1) is 22.1. The summed E-state index contributed by atoms with van der Waals surface area (Å²) < 4.78 is 5.99. The maximum absolute atomic E-state index is 13.2. The van der Waals surface area contributed by atoms with Crippen molar-refractivity contribution in [3.05, 3.63) is 89.7 Å². The third-order valence-corrected chi connectivity index (χ3v) is 4.92. The lowest BCUT2D eigenvalue weighted by molar-refractivity contribution is 0.0706. The van der Waals surface area contributed by atoms with E-state index in [2.05, 4.69) is 10.3 Å². The van der Waals surface area contributed by atoms with Crippen molar-refractivity contribution < 1.29 is 19.5 Å². The minimum Gasteiger partial charge on any atom is -0.491 e. The molecule has 2 aromatic carbocycles. The van der Waals surface area contributed by atoms with Crippen molar-refractivity contribution in [2.24, 2.45) is 0 Å². The van der Waals surface area contributed by atoms with Crippen molar-refractivity contribution in [3.8, 4) is 5.75 Å². The van der Waals surface area contributed by atoms with Crippen molar-refractivity contribution in [2.75, 3.05) is 11.9 Å². The molecule has 8 nitrogen and oxygen atoms in total. The van der Waals surface area contributed by atoms with Crippen LogP contribution in [-0.4, -0.2) is 33.6 Å². The van der Waals surface area contributed by atoms with E-state index in [0.29, 0.717) is 11.4 Å². The Bertz CT molecular complexity index is 1050. The summed E-state index contributed by atoms with van der Waals surface area (Å²) in [6, 6.07) is 17.3. The predicted molar refractivity (Wildman–Crippen MR) is 120 cm³/mol. The third-order valence-electron chi connectivity index (χ3n) is 4.92. The Morgan fingerprint density at radius 3 is 2.52 bits per heavy atom. The average Bonchev–Trinajstić information content (AvgIpc) is 2.99. The third kappa shape index (κ3) is 4.96. The van der Waals surface area contributed by atoms with Crippen LogP contribution in [0.3, 0.4) is 0 Å². The minimum absolute atomic E-state index is 0. The highest BCUT2D eigenvalue weighted by Gasteiger charge is 2.30. The number of hydrogen-bond acceptors (Lipinski definition) is 5. The van der Waals surface area contributed by atoms with Gasteiger partial charge in [-0.2, -0.15) is 13.5 Å². The van der Waals surface area contributed by atoms with Gasteiger partial charge < -0.3 is 15.0 Å². The van der Waals surface area contributed by atoms with Gasteiger partial charge in [0.2, 0.25) is 0 Å². The lowest BCUT2D eigenvalue weighted by Crippen LogP contribution is -2.38. The molecule has 1 atom stereocenters. The molecule has 0 spiro atoms. The Labute approximate surface area is 186 Å². The van der Waals surface area contributed by atoms with Gasteiger partial charge in [0, 0.05) is 29.2 Å². The number of hydrogen-bond donors (Lipinski definition) is 3. The normalized spacial score (nSPS) is 14.9. The zero-order valence-corrected chi connectivity index (χ0v) is 17.5. The van der Waals surface area contributed by atoms with Crippen LogP contribution in [0.25, 0.3) is 0 Å². The van der Waals surface area contributed by atoms with Gasteiger partial charge in [-0.05, 0) is 29.8 Å². The van der Waals surface area contributed by atoms with Gasteiger partial charge in [-0.3, -0.25) is 15.0 Å². The van der Waals surface area contributed by atoms with E-state index in [-0.39, 0.29) is 44.3 Å². The summed E-state index contributed by atoms with van der Waals surface area (Å²) in [5.41, 5.74) is 4.22. The molecule has 1 aliphatic rings. The molecule has 9 heteroatoms. The minimum atomic E-state index is -0.627. The first-order valence-electron chi connectivity index (χ1n) is 9.38. The molecule has 3 aromatic rings. The molecule has 1 aromatic heterocycles. The van der Waals surface area contributed by atoms with Crippen LogP contribution < -0.4 is 15.5 Å². The van der Waals surface area contributed by atoms with Crippen LogP contribution in [0.2, 0.25) is 0 Å². The van der Waals surface area contributed by atoms with Gasteiger partial charge in [-0.1, -0.05) is 36.4 Å². The van der Waals surface area contributed by atoms with E-state index >= 15 is 0 Å². The fourth-order valence-corrected chi connectivity index (χ4v) is 3.37. The van der Waals surface area contributed by atoms with Crippen LogP contribution in [0.15, 0.2) is 73.1 Å². The van der Waals surface area contributed by atoms with Gasteiger partial charge in [0.05, 0.1) is 12.6 Å². The molecule has 1 aliphatic heterocycles. The quantitative estimate of drug-likeness (QED) is 0.429. The van der Waals surface area contributed by atoms with E-state index in [0.717, 1.165) is 11.1 Å². The van der Waals surface area contributed by atoms with E-state index in [9.17, 15) is 9.59 Å². The molecule has 0 bridgehead atoms. The summed E-state index contributed by atoms with van der Waals surface area (Å²) in [7, 11) is 0. The molecule has 31 heavy (non-hydrogen) atoms. The highest BCUT2D eigenvalue weighted by atomic mass is 32.1. The Kier molecular flexibility index (Phi) is 7.11. The molecule has 3 N–H and O–H groups in total. The molecule has 0 saturated heterocycles. The Morgan fingerprint density at radius 2 is 1.81 bits per heavy atom. The molecular weight excluding hydrogens is 416 g/mol. The zero-order chi connectivity index (χ0) is 20.9. The molecule has 0 aliphatic carbocycles. The number of aromatic nitrogens is 1. The van der Waals surface area contributed by atoms with Gasteiger partial charge >= 0.3 is 6.03 Å². The first-order chi connectivity index (χ1) is 14.7. The smallest absolute Gasteiger partial charge is 0.322 e. The van der Waals surface area contributed by atoms with E-state index in [4.69, 9.17) is 9.94 Å². The van der Waals surface area contributed by atoms with Crippen molar-refractivity contribution in [1.82, 2.24) is 15.4 Å². The number of carbonyl (C=O) groups is 2.